The molecule has 2 aromatic carbocycles. The number of benzene rings is 2. The number of carbonyl (C=O) groups excluding carboxylic acids is 2. The van der Waals surface area contributed by atoms with E-state index >= 15 is 0 Å². The van der Waals surface area contributed by atoms with Crippen LogP contribution in [0.5, 0.6) is 0 Å². The molecule has 3 atom stereocenters. The van der Waals surface area contributed by atoms with Crippen LogP contribution >= 0.6 is 0 Å². The van der Waals surface area contributed by atoms with Gasteiger partial charge in [-0.05, 0) is 58.4 Å². The molecule has 2 amide bonds. The highest BCUT2D eigenvalue weighted by molar-refractivity contribution is 5.98. The Morgan fingerprint density at radius 2 is 1.61 bits per heavy atom. The van der Waals surface area contributed by atoms with Crippen LogP contribution in [0.1, 0.15) is 81.4 Å². The smallest absolute Gasteiger partial charge is 0.410 e. The van der Waals surface area contributed by atoms with Gasteiger partial charge in [-0.1, -0.05) is 73.5 Å². The second-order valence-corrected chi connectivity index (χ2v) is 13.4. The minimum absolute atomic E-state index is 0.0547. The summed E-state index contributed by atoms with van der Waals surface area (Å²) < 4.78 is 19.6. The standard InChI is InChI=1S/C37H50N4O5/c1-37(2,3)46-36(43)39-21-22-40(30(26-39)25-28-15-7-5-8-16-28)35(42)33-34(29-17-9-6-10-18-29)41(27-38-33)31-19-11-12-20-32(31)45-24-14-13-23-44-4/h5-10,15-18,27,30-32H,11-14,19-26H2,1-4H3/t30-,31+,32?/m1/s1. The average molecular weight is 631 g/mol. The second-order valence-electron chi connectivity index (χ2n) is 13.4. The van der Waals surface area contributed by atoms with Crippen LogP contribution in [0.2, 0.25) is 0 Å². The number of aromatic nitrogens is 2. The summed E-state index contributed by atoms with van der Waals surface area (Å²) in [6.07, 6.45) is 8.28. The van der Waals surface area contributed by atoms with Gasteiger partial charge < -0.3 is 28.6 Å². The van der Waals surface area contributed by atoms with Gasteiger partial charge in [0, 0.05) is 45.5 Å². The first kappa shape index (κ1) is 33.7. The second kappa shape index (κ2) is 15.7. The number of nitrogens with zero attached hydrogens (tertiary/aromatic N) is 4. The van der Waals surface area contributed by atoms with E-state index in [0.29, 0.717) is 38.4 Å². The van der Waals surface area contributed by atoms with Gasteiger partial charge >= 0.3 is 6.09 Å². The molecule has 5 rings (SSSR count). The summed E-state index contributed by atoms with van der Waals surface area (Å²) in [4.78, 5) is 36.2. The number of amides is 2. The van der Waals surface area contributed by atoms with Crippen molar-refractivity contribution < 1.29 is 23.8 Å². The van der Waals surface area contributed by atoms with Gasteiger partial charge in [0.05, 0.1) is 30.2 Å². The Kier molecular flexibility index (Phi) is 11.5. The Balaban J connectivity index is 1.44. The summed E-state index contributed by atoms with van der Waals surface area (Å²) in [5, 5.41) is 0. The Labute approximate surface area is 273 Å². The van der Waals surface area contributed by atoms with Crippen molar-refractivity contribution in [3.63, 3.8) is 0 Å². The van der Waals surface area contributed by atoms with Gasteiger partial charge in [0.2, 0.25) is 0 Å². The molecule has 1 saturated carbocycles. The number of ether oxygens (including phenoxy) is 3. The Hall–Kier alpha value is -3.69. The van der Waals surface area contributed by atoms with Crippen LogP contribution in [0.4, 0.5) is 4.79 Å². The molecule has 0 N–H and O–H groups in total. The Morgan fingerprint density at radius 3 is 2.33 bits per heavy atom. The monoisotopic (exact) mass is 630 g/mol. The van der Waals surface area contributed by atoms with Crippen molar-refractivity contribution in [1.82, 2.24) is 19.4 Å². The predicted molar refractivity (Wildman–Crippen MR) is 179 cm³/mol. The molecule has 2 aliphatic rings. The number of hydrogen-bond donors (Lipinski definition) is 0. The van der Waals surface area contributed by atoms with Gasteiger partial charge in [-0.3, -0.25) is 4.79 Å². The van der Waals surface area contributed by atoms with Crippen LogP contribution in [0.25, 0.3) is 11.3 Å². The van der Waals surface area contributed by atoms with Crippen molar-refractivity contribution in [3.8, 4) is 11.3 Å². The molecule has 1 saturated heterocycles. The van der Waals surface area contributed by atoms with Crippen LogP contribution in [-0.4, -0.2) is 89.1 Å². The minimum Gasteiger partial charge on any atom is -0.444 e. The first-order valence-corrected chi connectivity index (χ1v) is 16.8. The van der Waals surface area contributed by atoms with Crippen LogP contribution in [0.3, 0.4) is 0 Å². The Morgan fingerprint density at radius 1 is 0.913 bits per heavy atom. The van der Waals surface area contributed by atoms with E-state index < -0.39 is 5.60 Å². The number of imidazole rings is 1. The number of piperazine rings is 1. The lowest BCUT2D eigenvalue weighted by atomic mass is 9.91. The van der Waals surface area contributed by atoms with E-state index in [1.165, 1.54) is 0 Å². The lowest BCUT2D eigenvalue weighted by Crippen LogP contribution is -2.58. The third-order valence-electron chi connectivity index (χ3n) is 8.85. The number of methoxy groups -OCH3 is 1. The topological polar surface area (TPSA) is 86.1 Å². The maximum atomic E-state index is 14.6. The zero-order chi connectivity index (χ0) is 32.5. The predicted octanol–water partition coefficient (Wildman–Crippen LogP) is 6.78. The highest BCUT2D eigenvalue weighted by Crippen LogP contribution is 2.37. The molecule has 1 aliphatic carbocycles. The first-order chi connectivity index (χ1) is 22.2. The van der Waals surface area contributed by atoms with Crippen LogP contribution in [-0.2, 0) is 20.6 Å². The zero-order valence-electron chi connectivity index (χ0n) is 27.9. The van der Waals surface area contributed by atoms with Gasteiger partial charge in [-0.25, -0.2) is 9.78 Å². The molecule has 248 valence electrons. The summed E-state index contributed by atoms with van der Waals surface area (Å²) in [6, 6.07) is 20.1. The molecule has 0 spiro atoms. The number of rotatable bonds is 11. The molecule has 0 radical (unpaired) electrons. The summed E-state index contributed by atoms with van der Waals surface area (Å²) >= 11 is 0. The van der Waals surface area contributed by atoms with Crippen LogP contribution in [0, 0.1) is 0 Å². The third-order valence-corrected chi connectivity index (χ3v) is 8.85. The van der Waals surface area contributed by atoms with E-state index in [0.717, 1.165) is 62.0 Å². The molecule has 1 aliphatic heterocycles. The molecule has 3 aromatic rings. The lowest BCUT2D eigenvalue weighted by molar-refractivity contribution is -0.00858. The Bertz CT molecular complexity index is 1400. The van der Waals surface area contributed by atoms with Crippen molar-refractivity contribution >= 4 is 12.0 Å². The van der Waals surface area contributed by atoms with Gasteiger partial charge in [0.15, 0.2) is 5.69 Å². The maximum Gasteiger partial charge on any atom is 0.410 e. The van der Waals surface area contributed by atoms with E-state index in [2.05, 4.69) is 28.8 Å². The van der Waals surface area contributed by atoms with E-state index in [4.69, 9.17) is 19.2 Å². The summed E-state index contributed by atoms with van der Waals surface area (Å²) in [6.45, 7) is 8.22. The van der Waals surface area contributed by atoms with Gasteiger partial charge in [0.1, 0.15) is 5.60 Å². The number of carbonyl (C=O) groups is 2. The molecule has 46 heavy (non-hydrogen) atoms. The molecular formula is C37H50N4O5. The highest BCUT2D eigenvalue weighted by atomic mass is 16.6. The SMILES string of the molecule is COCCCCOC1CCCC[C@@H]1n1cnc(C(=O)N2CCN(C(=O)OC(C)(C)C)C[C@H]2Cc2ccccc2)c1-c1ccccc1. The quantitative estimate of drug-likeness (QED) is 0.217. The molecule has 9 nitrogen and oxygen atoms in total. The summed E-state index contributed by atoms with van der Waals surface area (Å²) in [5.41, 5.74) is 2.75. The zero-order valence-corrected chi connectivity index (χ0v) is 27.9. The van der Waals surface area contributed by atoms with Gasteiger partial charge in [-0.15, -0.1) is 0 Å². The van der Waals surface area contributed by atoms with E-state index in [1.54, 1.807) is 12.0 Å². The van der Waals surface area contributed by atoms with Crippen molar-refractivity contribution in [1.29, 1.82) is 0 Å². The van der Waals surface area contributed by atoms with Crippen molar-refractivity contribution in [2.24, 2.45) is 0 Å². The van der Waals surface area contributed by atoms with Crippen molar-refractivity contribution in [2.75, 3.05) is 40.0 Å². The molecule has 1 unspecified atom stereocenters. The fourth-order valence-electron chi connectivity index (χ4n) is 6.64. The number of unbranched alkanes of at least 4 members (excludes halogenated alkanes) is 1. The van der Waals surface area contributed by atoms with Gasteiger partial charge in [0.25, 0.3) is 5.91 Å². The largest absolute Gasteiger partial charge is 0.444 e. The third kappa shape index (κ3) is 8.56. The maximum absolute atomic E-state index is 14.6. The minimum atomic E-state index is -0.596. The van der Waals surface area contributed by atoms with Gasteiger partial charge in [-0.2, -0.15) is 0 Å². The number of hydrogen-bond acceptors (Lipinski definition) is 6. The molecule has 2 heterocycles. The van der Waals surface area contributed by atoms with E-state index in [-0.39, 0.29) is 30.2 Å². The van der Waals surface area contributed by atoms with Crippen molar-refractivity contribution in [3.05, 3.63) is 78.2 Å². The summed E-state index contributed by atoms with van der Waals surface area (Å²) in [5.74, 6) is -0.116. The average Bonchev–Trinajstić information content (AvgIpc) is 3.50. The van der Waals surface area contributed by atoms with E-state index in [9.17, 15) is 9.59 Å². The fraction of sp³-hybridized carbons (Fsp3) is 0.541. The molecule has 9 heteroatoms. The highest BCUT2D eigenvalue weighted by Gasteiger charge is 2.38. The molecule has 1 aromatic heterocycles. The molecule has 0 bridgehead atoms. The lowest BCUT2D eigenvalue weighted by Gasteiger charge is -2.41. The summed E-state index contributed by atoms with van der Waals surface area (Å²) in [7, 11) is 1.73. The normalized spacial score (nSPS) is 20.5. The fourth-order valence-corrected chi connectivity index (χ4v) is 6.64. The van der Waals surface area contributed by atoms with Crippen LogP contribution < -0.4 is 0 Å². The van der Waals surface area contributed by atoms with Crippen molar-refractivity contribution in [2.45, 2.75) is 89.5 Å². The van der Waals surface area contributed by atoms with Crippen LogP contribution in [0.15, 0.2) is 67.0 Å². The van der Waals surface area contributed by atoms with E-state index in [1.807, 2.05) is 68.4 Å². The molecular weight excluding hydrogens is 580 g/mol. The molecule has 2 fully saturated rings. The first-order valence-electron chi connectivity index (χ1n) is 16.8.